The Kier molecular flexibility index (Phi) is 4.57. The van der Waals surface area contributed by atoms with E-state index in [4.69, 9.17) is 0 Å². The average Bonchev–Trinajstić information content (AvgIpc) is 2.57. The molecule has 0 fully saturated rings. The molecule has 4 nitrogen and oxygen atoms in total. The Labute approximate surface area is 141 Å². The third-order valence-electron chi connectivity index (χ3n) is 3.63. The SMILES string of the molecule is Cc1ccc(C(=O)Nc2ccc(Nc3cccc(C)c3)cn2)cc1. The summed E-state index contributed by atoms with van der Waals surface area (Å²) in [6.45, 7) is 4.04. The minimum Gasteiger partial charge on any atom is -0.354 e. The van der Waals surface area contributed by atoms with Crippen molar-refractivity contribution in [2.75, 3.05) is 10.6 Å². The second-order valence-corrected chi connectivity index (χ2v) is 5.75. The van der Waals surface area contributed by atoms with Crippen LogP contribution in [0.25, 0.3) is 0 Å². The molecular weight excluding hydrogens is 298 g/mol. The molecule has 0 unspecified atom stereocenters. The Hall–Kier alpha value is -3.14. The van der Waals surface area contributed by atoms with Crippen molar-refractivity contribution in [1.29, 1.82) is 0 Å². The lowest BCUT2D eigenvalue weighted by atomic mass is 10.1. The summed E-state index contributed by atoms with van der Waals surface area (Å²) in [4.78, 5) is 16.5. The third kappa shape index (κ3) is 3.98. The van der Waals surface area contributed by atoms with E-state index < -0.39 is 0 Å². The lowest BCUT2D eigenvalue weighted by Gasteiger charge is -2.08. The normalized spacial score (nSPS) is 10.2. The zero-order valence-electron chi connectivity index (χ0n) is 13.7. The van der Waals surface area contributed by atoms with Gasteiger partial charge in [-0.25, -0.2) is 4.98 Å². The van der Waals surface area contributed by atoms with Gasteiger partial charge in [-0.3, -0.25) is 4.79 Å². The van der Waals surface area contributed by atoms with Gasteiger partial charge >= 0.3 is 0 Å². The number of hydrogen-bond donors (Lipinski definition) is 2. The van der Waals surface area contributed by atoms with Gasteiger partial charge in [0.25, 0.3) is 5.91 Å². The van der Waals surface area contributed by atoms with E-state index in [2.05, 4.69) is 21.7 Å². The number of nitrogens with zero attached hydrogens (tertiary/aromatic N) is 1. The predicted molar refractivity (Wildman–Crippen MR) is 97.8 cm³/mol. The van der Waals surface area contributed by atoms with Crippen molar-refractivity contribution in [3.63, 3.8) is 0 Å². The van der Waals surface area contributed by atoms with Crippen LogP contribution in [-0.4, -0.2) is 10.9 Å². The van der Waals surface area contributed by atoms with Crippen LogP contribution in [0.3, 0.4) is 0 Å². The van der Waals surface area contributed by atoms with E-state index >= 15 is 0 Å². The molecule has 1 amide bonds. The van der Waals surface area contributed by atoms with Crippen LogP contribution < -0.4 is 10.6 Å². The highest BCUT2D eigenvalue weighted by molar-refractivity contribution is 6.03. The van der Waals surface area contributed by atoms with Crippen LogP contribution >= 0.6 is 0 Å². The summed E-state index contributed by atoms with van der Waals surface area (Å²) in [5, 5.41) is 6.09. The number of aryl methyl sites for hydroxylation is 2. The van der Waals surface area contributed by atoms with E-state index in [1.54, 1.807) is 24.4 Å². The fourth-order valence-electron chi connectivity index (χ4n) is 2.32. The first-order chi connectivity index (χ1) is 11.6. The predicted octanol–water partition coefficient (Wildman–Crippen LogP) is 4.69. The summed E-state index contributed by atoms with van der Waals surface area (Å²) in [7, 11) is 0. The van der Waals surface area contributed by atoms with Crippen molar-refractivity contribution in [3.05, 3.63) is 83.6 Å². The Morgan fingerprint density at radius 2 is 1.67 bits per heavy atom. The summed E-state index contributed by atoms with van der Waals surface area (Å²) in [5.41, 5.74) is 4.80. The van der Waals surface area contributed by atoms with Crippen LogP contribution in [0.15, 0.2) is 66.9 Å². The van der Waals surface area contributed by atoms with Crippen molar-refractivity contribution in [2.45, 2.75) is 13.8 Å². The van der Waals surface area contributed by atoms with Crippen LogP contribution in [0, 0.1) is 13.8 Å². The number of amides is 1. The molecule has 4 heteroatoms. The fraction of sp³-hybridized carbons (Fsp3) is 0.100. The Bertz CT molecular complexity index is 840. The molecule has 0 radical (unpaired) electrons. The average molecular weight is 317 g/mol. The first-order valence-electron chi connectivity index (χ1n) is 7.78. The lowest BCUT2D eigenvalue weighted by Crippen LogP contribution is -2.12. The first-order valence-corrected chi connectivity index (χ1v) is 7.78. The topological polar surface area (TPSA) is 54.0 Å². The molecule has 0 bridgehead atoms. The van der Waals surface area contributed by atoms with E-state index in [0.29, 0.717) is 11.4 Å². The molecule has 3 aromatic rings. The highest BCUT2D eigenvalue weighted by atomic mass is 16.1. The van der Waals surface area contributed by atoms with E-state index in [9.17, 15) is 4.79 Å². The van der Waals surface area contributed by atoms with Crippen LogP contribution in [-0.2, 0) is 0 Å². The number of benzene rings is 2. The van der Waals surface area contributed by atoms with E-state index in [1.807, 2.05) is 50.2 Å². The Morgan fingerprint density at radius 1 is 0.875 bits per heavy atom. The number of nitrogens with one attached hydrogen (secondary N) is 2. The van der Waals surface area contributed by atoms with Crippen LogP contribution in [0.5, 0.6) is 0 Å². The third-order valence-corrected chi connectivity index (χ3v) is 3.63. The van der Waals surface area contributed by atoms with Crippen molar-refractivity contribution >= 4 is 23.1 Å². The molecule has 2 N–H and O–H groups in total. The van der Waals surface area contributed by atoms with Crippen molar-refractivity contribution < 1.29 is 4.79 Å². The Balaban J connectivity index is 1.66. The second kappa shape index (κ2) is 6.96. The second-order valence-electron chi connectivity index (χ2n) is 5.75. The van der Waals surface area contributed by atoms with Gasteiger partial charge < -0.3 is 10.6 Å². The summed E-state index contributed by atoms with van der Waals surface area (Å²) in [6, 6.07) is 19.2. The number of anilines is 3. The molecule has 0 saturated carbocycles. The maximum Gasteiger partial charge on any atom is 0.256 e. The summed E-state index contributed by atoms with van der Waals surface area (Å²) >= 11 is 0. The van der Waals surface area contributed by atoms with Crippen molar-refractivity contribution in [2.24, 2.45) is 0 Å². The smallest absolute Gasteiger partial charge is 0.256 e. The van der Waals surface area contributed by atoms with Crippen molar-refractivity contribution in [1.82, 2.24) is 4.98 Å². The van der Waals surface area contributed by atoms with Gasteiger partial charge in [-0.15, -0.1) is 0 Å². The van der Waals surface area contributed by atoms with Gasteiger partial charge in [-0.05, 0) is 55.8 Å². The number of rotatable bonds is 4. The molecule has 0 spiro atoms. The molecule has 0 saturated heterocycles. The summed E-state index contributed by atoms with van der Waals surface area (Å²) in [6.07, 6.45) is 1.70. The van der Waals surface area contributed by atoms with Gasteiger partial charge in [0.1, 0.15) is 5.82 Å². The summed E-state index contributed by atoms with van der Waals surface area (Å²) in [5.74, 6) is 0.359. The number of carbonyl (C=O) groups is 1. The summed E-state index contributed by atoms with van der Waals surface area (Å²) < 4.78 is 0. The van der Waals surface area contributed by atoms with Crippen LogP contribution in [0.1, 0.15) is 21.5 Å². The zero-order chi connectivity index (χ0) is 16.9. The molecule has 2 aromatic carbocycles. The molecule has 24 heavy (non-hydrogen) atoms. The van der Waals surface area contributed by atoms with Crippen molar-refractivity contribution in [3.8, 4) is 0 Å². The van der Waals surface area contributed by atoms with E-state index in [1.165, 1.54) is 5.56 Å². The molecule has 0 atom stereocenters. The number of pyridine rings is 1. The molecular formula is C20H19N3O. The van der Waals surface area contributed by atoms with Gasteiger partial charge in [0.15, 0.2) is 0 Å². The van der Waals surface area contributed by atoms with E-state index in [-0.39, 0.29) is 5.91 Å². The maximum absolute atomic E-state index is 12.2. The molecule has 120 valence electrons. The fourth-order valence-corrected chi connectivity index (χ4v) is 2.32. The van der Waals surface area contributed by atoms with Gasteiger partial charge in [0.05, 0.1) is 11.9 Å². The largest absolute Gasteiger partial charge is 0.354 e. The van der Waals surface area contributed by atoms with Gasteiger partial charge in [0, 0.05) is 11.3 Å². The quantitative estimate of drug-likeness (QED) is 0.733. The molecule has 3 rings (SSSR count). The number of hydrogen-bond acceptors (Lipinski definition) is 3. The molecule has 1 aromatic heterocycles. The van der Waals surface area contributed by atoms with Gasteiger partial charge in [0.2, 0.25) is 0 Å². The maximum atomic E-state index is 12.2. The lowest BCUT2D eigenvalue weighted by molar-refractivity contribution is 0.102. The first kappa shape index (κ1) is 15.7. The minimum atomic E-state index is -0.165. The Morgan fingerprint density at radius 3 is 2.33 bits per heavy atom. The minimum absolute atomic E-state index is 0.165. The monoisotopic (exact) mass is 317 g/mol. The van der Waals surface area contributed by atoms with Crippen LogP contribution in [0.4, 0.5) is 17.2 Å². The molecule has 0 aliphatic heterocycles. The highest BCUT2D eigenvalue weighted by Gasteiger charge is 2.06. The number of carbonyl (C=O) groups excluding carboxylic acids is 1. The van der Waals surface area contributed by atoms with Gasteiger partial charge in [-0.1, -0.05) is 29.8 Å². The standard InChI is InChI=1S/C20H19N3O/c1-14-6-8-16(9-7-14)20(24)23-19-11-10-18(13-21-19)22-17-5-3-4-15(2)12-17/h3-13,22H,1-2H3,(H,21,23,24). The van der Waals surface area contributed by atoms with Crippen LogP contribution in [0.2, 0.25) is 0 Å². The highest BCUT2D eigenvalue weighted by Crippen LogP contribution is 2.18. The number of aromatic nitrogens is 1. The van der Waals surface area contributed by atoms with Gasteiger partial charge in [-0.2, -0.15) is 0 Å². The van der Waals surface area contributed by atoms with E-state index in [0.717, 1.165) is 16.9 Å². The zero-order valence-corrected chi connectivity index (χ0v) is 13.7. The molecule has 1 heterocycles. The molecule has 0 aliphatic rings. The molecule has 0 aliphatic carbocycles.